The van der Waals surface area contributed by atoms with Crippen molar-refractivity contribution in [3.05, 3.63) is 12.2 Å². The number of rotatable bonds is 10. The molecule has 15 rings (SSSR count). The minimum absolute atomic E-state index is 0.00112. The van der Waals surface area contributed by atoms with E-state index < -0.39 is 33.0 Å². The lowest BCUT2D eigenvalue weighted by molar-refractivity contribution is -0.139. The number of hydrogen-bond acceptors (Lipinski definition) is 12. The van der Waals surface area contributed by atoms with Gasteiger partial charge >= 0.3 is 0 Å². The minimum Gasteiger partial charge on any atom is -0.390 e. The summed E-state index contributed by atoms with van der Waals surface area (Å²) in [5, 5.41) is 31.8. The van der Waals surface area contributed by atoms with Crippen molar-refractivity contribution in [1.29, 1.82) is 0 Å². The summed E-state index contributed by atoms with van der Waals surface area (Å²) in [7, 11) is -3.17. The Morgan fingerprint density at radius 3 is 1.39 bits per heavy atom. The van der Waals surface area contributed by atoms with Gasteiger partial charge in [-0.15, -0.1) is 0 Å². The highest BCUT2D eigenvalue weighted by Crippen LogP contribution is 2.69. The first-order chi connectivity index (χ1) is 45.3. The van der Waals surface area contributed by atoms with E-state index in [-0.39, 0.29) is 34.5 Å². The fourth-order valence-electron chi connectivity index (χ4n) is 27.4. The fourth-order valence-corrected chi connectivity index (χ4v) is 28.2. The number of carbonyl (C=O) groups is 3. The molecule has 0 spiro atoms. The molecule has 0 unspecified atom stereocenters. The molecule has 12 aliphatic carbocycles. The maximum absolute atomic E-state index is 15.5. The summed E-state index contributed by atoms with van der Waals surface area (Å²) in [5.74, 6) is 11.9. The van der Waals surface area contributed by atoms with E-state index >= 15 is 4.39 Å². The van der Waals surface area contributed by atoms with Crippen LogP contribution in [0.15, 0.2) is 12.2 Å². The Balaban J connectivity index is 0.000000130. The van der Waals surface area contributed by atoms with Crippen LogP contribution in [0.2, 0.25) is 0 Å². The molecule has 544 valence electrons. The number of nitrogens with zero attached hydrogens (tertiary/aromatic N) is 5. The number of aliphatic hydroxyl groups is 3. The van der Waals surface area contributed by atoms with Gasteiger partial charge in [0.05, 0.1) is 49.4 Å². The number of ether oxygens (including phenoxy) is 1. The number of morpholine rings is 1. The first-order valence-corrected chi connectivity index (χ1v) is 41.7. The van der Waals surface area contributed by atoms with Gasteiger partial charge in [0.1, 0.15) is 17.7 Å². The van der Waals surface area contributed by atoms with Crippen molar-refractivity contribution in [3.63, 3.8) is 0 Å². The summed E-state index contributed by atoms with van der Waals surface area (Å²) in [6.07, 6.45) is 29.8. The lowest BCUT2D eigenvalue weighted by atomic mass is 9.48. The highest BCUT2D eigenvalue weighted by molar-refractivity contribution is 7.88. The van der Waals surface area contributed by atoms with Crippen molar-refractivity contribution in [3.8, 4) is 0 Å². The highest BCUT2D eigenvalue weighted by atomic mass is 32.2. The van der Waals surface area contributed by atoms with Crippen LogP contribution in [0.4, 0.5) is 4.39 Å². The molecule has 96 heavy (non-hydrogen) atoms. The number of fused-ring (bicyclic) bond motifs is 15. The number of sulfonamides is 1. The third-order valence-electron chi connectivity index (χ3n) is 32.3. The maximum atomic E-state index is 15.5. The van der Waals surface area contributed by atoms with E-state index in [0.29, 0.717) is 111 Å². The van der Waals surface area contributed by atoms with Gasteiger partial charge in [-0.2, -0.15) is 4.31 Å². The van der Waals surface area contributed by atoms with Gasteiger partial charge in [0.15, 0.2) is 0 Å². The molecule has 1 amide bonds. The first-order valence-electron chi connectivity index (χ1n) is 39.9. The van der Waals surface area contributed by atoms with Gasteiger partial charge in [-0.05, 0) is 306 Å². The van der Waals surface area contributed by atoms with E-state index in [1.807, 2.05) is 18.7 Å². The van der Waals surface area contributed by atoms with Crippen LogP contribution in [0, 0.1) is 123 Å². The van der Waals surface area contributed by atoms with Gasteiger partial charge in [-0.25, -0.2) is 12.8 Å². The zero-order valence-electron chi connectivity index (χ0n) is 61.4. The van der Waals surface area contributed by atoms with Crippen LogP contribution in [-0.4, -0.2) is 192 Å². The Morgan fingerprint density at radius 2 is 0.906 bits per heavy atom. The van der Waals surface area contributed by atoms with Crippen molar-refractivity contribution < 1.29 is 47.2 Å². The molecule has 0 bridgehead atoms. The quantitative estimate of drug-likeness (QED) is 0.177. The largest absolute Gasteiger partial charge is 0.390 e. The van der Waals surface area contributed by atoms with Gasteiger partial charge in [0.2, 0.25) is 15.9 Å². The lowest BCUT2D eigenvalue weighted by Crippen LogP contribution is -2.55. The van der Waals surface area contributed by atoms with Gasteiger partial charge < -0.3 is 25.0 Å². The zero-order chi connectivity index (χ0) is 68.2. The summed E-state index contributed by atoms with van der Waals surface area (Å²) in [6.45, 7) is 32.1. The summed E-state index contributed by atoms with van der Waals surface area (Å²) >= 11 is 0. The van der Waals surface area contributed by atoms with Crippen LogP contribution in [0.25, 0.3) is 0 Å². The number of halogens is 1. The topological polar surface area (TPSA) is 171 Å². The minimum atomic E-state index is -3.17. The Kier molecular flexibility index (Phi) is 21.1. The molecule has 3 heterocycles. The molecule has 3 aliphatic heterocycles. The van der Waals surface area contributed by atoms with Crippen molar-refractivity contribution in [2.24, 2.45) is 123 Å². The normalized spacial score (nSPS) is 48.8. The molecule has 16 heteroatoms. The standard InChI is InChI=1S/C27H44N2O3.C27H45NO2.C26H43FN2O4S/c1-18(30)29-14-12-28(13-15-29)17-25(31)24-7-6-23-22-5-4-19-16-26(2,32)10-8-20(19)21(22)9-11-27(23,24)3;1-18(16-28-13-14-30-17-19(28)2)24-7-8-25-23-6-5-20-15-26(3,29)11-9-21(20)22(23)10-12-27(24,25)4;1-25(31)8-6-18-17-7-9-26(2)21(19(17)14-23(27)20(18)15-25)4-5-22(26)24(30)16-28-10-12-29(13-11-28)34(3,32)33/h19-24,32H,4-17H2,1-3H3;19-25,29H,1,5-17H2,2-4H3;17-23,31H,4-16H2,1-3H3/t19-,20+,21-,22-,23+,24-,26-,27+;19-,20+,21-,22+,23+,24+,25-,26+,27+;17-,18-,19-,20-,21+,22-,23-,25-,26+/m101/s1. The molecule has 0 aromatic heterocycles. The summed E-state index contributed by atoms with van der Waals surface area (Å²) in [4.78, 5) is 47.5. The van der Waals surface area contributed by atoms with E-state index in [1.165, 1.54) is 99.6 Å². The molecule has 26 atom stereocenters. The molecule has 0 aromatic carbocycles. The molecule has 0 radical (unpaired) electrons. The number of alkyl halides is 1. The predicted octanol–water partition coefficient (Wildman–Crippen LogP) is 12.1. The predicted molar refractivity (Wildman–Crippen MR) is 377 cm³/mol. The van der Waals surface area contributed by atoms with Crippen LogP contribution in [0.5, 0.6) is 0 Å². The second kappa shape index (κ2) is 28.0. The average Bonchev–Trinajstić information content (AvgIpc) is 1.48. The second-order valence-electron chi connectivity index (χ2n) is 37.8. The monoisotopic (exact) mass is 1360 g/mol. The molecule has 14 nitrogen and oxygen atoms in total. The SMILES string of the molecule is C=C(CN1CCOC[C@@H]1C)[C@H]1CC[C@H]2[C@@H]3CC[C@@H]4C[C@](C)(O)CC[C@@H]4[C@H]3CC[C@]12C.CC(=O)N1CCN(CC(=O)[C@H]2CC[C@H]3[C@@H]4CC[C@@H]5C[C@](C)(O)CC[C@@H]5[C@H]4CC[C@]23C)CC1.C[C@@]1(O)CC[C@@H]2[C@H]3CC[C@]4(C)[C@@H](C(=O)CN5CCN(S(C)(=O)=O)CC5)CC[C@H]4[C@@H]3C[C@@H](F)[C@@H]2C1. The van der Waals surface area contributed by atoms with E-state index in [1.54, 1.807) is 6.92 Å². The van der Waals surface area contributed by atoms with Crippen LogP contribution < -0.4 is 0 Å². The molecule has 3 N–H and O–H groups in total. The number of carbonyl (C=O) groups excluding carboxylic acids is 3. The van der Waals surface area contributed by atoms with Gasteiger partial charge in [0.25, 0.3) is 0 Å². The van der Waals surface area contributed by atoms with Crippen LogP contribution in [0.3, 0.4) is 0 Å². The smallest absolute Gasteiger partial charge is 0.219 e. The van der Waals surface area contributed by atoms with E-state index in [9.17, 15) is 38.1 Å². The molecule has 3 saturated heterocycles. The van der Waals surface area contributed by atoms with Crippen LogP contribution in [0.1, 0.15) is 222 Å². The number of amides is 1. The molecule has 15 fully saturated rings. The number of ketones is 2. The lowest BCUT2D eigenvalue weighted by Gasteiger charge is -2.57. The second-order valence-corrected chi connectivity index (χ2v) is 39.8. The Bertz CT molecular complexity index is 2910. The summed E-state index contributed by atoms with van der Waals surface area (Å²) in [5.41, 5.74) is 0.558. The molecule has 12 saturated carbocycles. The molecule has 15 aliphatic rings. The van der Waals surface area contributed by atoms with Crippen molar-refractivity contribution in [2.75, 3.05) is 98.0 Å². The first kappa shape index (κ1) is 72.5. The highest BCUT2D eigenvalue weighted by Gasteiger charge is 2.63. The molecular weight excluding hydrogens is 1230 g/mol. The van der Waals surface area contributed by atoms with Crippen molar-refractivity contribution in [1.82, 2.24) is 23.9 Å². The van der Waals surface area contributed by atoms with E-state index in [4.69, 9.17) is 4.74 Å². The number of piperazine rings is 2. The van der Waals surface area contributed by atoms with Gasteiger partial charge in [-0.3, -0.25) is 29.1 Å². The third kappa shape index (κ3) is 14.3. The number of hydrogen-bond donors (Lipinski definition) is 3. The van der Waals surface area contributed by atoms with Gasteiger partial charge in [-0.1, -0.05) is 32.9 Å². The summed E-state index contributed by atoms with van der Waals surface area (Å²) in [6, 6.07) is 0.523. The average molecular weight is 1360 g/mol. The van der Waals surface area contributed by atoms with Crippen LogP contribution >= 0.6 is 0 Å². The van der Waals surface area contributed by atoms with E-state index in [0.717, 1.165) is 176 Å². The number of Topliss-reactive ketones (excluding diaryl/α,β-unsaturated/α-hetero) is 2. The van der Waals surface area contributed by atoms with Crippen LogP contribution in [-0.2, 0) is 29.1 Å². The Hall–Kier alpha value is -1.89. The van der Waals surface area contributed by atoms with E-state index in [2.05, 4.69) is 55.9 Å². The zero-order valence-corrected chi connectivity index (χ0v) is 62.2. The molecule has 0 aromatic rings. The Labute approximate surface area is 580 Å². The fraction of sp³-hybridized carbons (Fsp3) is 0.938. The maximum Gasteiger partial charge on any atom is 0.219 e. The van der Waals surface area contributed by atoms with Crippen molar-refractivity contribution in [2.45, 2.75) is 251 Å². The molecular formula is C80H132FN5O9S. The Morgan fingerprint density at radius 1 is 0.490 bits per heavy atom. The summed E-state index contributed by atoms with van der Waals surface area (Å²) < 4.78 is 46.2. The third-order valence-corrected chi connectivity index (χ3v) is 33.6. The van der Waals surface area contributed by atoms with Crippen molar-refractivity contribution >= 4 is 27.5 Å². The van der Waals surface area contributed by atoms with Gasteiger partial charge in [0, 0.05) is 90.2 Å².